The Balaban J connectivity index is 2.12. The van der Waals surface area contributed by atoms with Gasteiger partial charge in [-0.05, 0) is 0 Å². The van der Waals surface area contributed by atoms with Crippen LogP contribution in [0.2, 0.25) is 0 Å². The summed E-state index contributed by atoms with van der Waals surface area (Å²) in [6.07, 6.45) is 1.38. The number of hydrogen-bond donors (Lipinski definition) is 2. The first kappa shape index (κ1) is 16.3. The van der Waals surface area contributed by atoms with E-state index in [1.54, 1.807) is 12.1 Å². The Kier molecular flexibility index (Phi) is 4.49. The third-order valence-electron chi connectivity index (χ3n) is 2.87. The average molecular weight is 316 g/mol. The van der Waals surface area contributed by atoms with Crippen LogP contribution in [0.4, 0.5) is 11.6 Å². The predicted molar refractivity (Wildman–Crippen MR) is 85.7 cm³/mol. The highest BCUT2D eigenvalue weighted by atomic mass is 16.6. The van der Waals surface area contributed by atoms with Gasteiger partial charge in [0.15, 0.2) is 0 Å². The molecule has 0 unspecified atom stereocenters. The lowest BCUT2D eigenvalue weighted by Crippen LogP contribution is -2.28. The molecule has 0 aliphatic rings. The molecule has 0 radical (unpaired) electrons. The minimum atomic E-state index is -0.487. The SMILES string of the molecule is CC(C)(C)c1nnc(N/N=C/c2cccc([N+](=O)[O-])c2)[nH]c1=O. The Morgan fingerprint density at radius 1 is 1.35 bits per heavy atom. The monoisotopic (exact) mass is 316 g/mol. The fourth-order valence-electron chi connectivity index (χ4n) is 1.76. The van der Waals surface area contributed by atoms with E-state index < -0.39 is 10.3 Å². The highest BCUT2D eigenvalue weighted by Gasteiger charge is 2.20. The number of aromatic nitrogens is 3. The number of non-ortho nitro benzene ring substituents is 1. The first-order valence-electron chi connectivity index (χ1n) is 6.78. The zero-order chi connectivity index (χ0) is 17.0. The summed E-state index contributed by atoms with van der Waals surface area (Å²) in [6, 6.07) is 5.98. The van der Waals surface area contributed by atoms with Gasteiger partial charge in [0.25, 0.3) is 11.2 Å². The molecule has 23 heavy (non-hydrogen) atoms. The van der Waals surface area contributed by atoms with E-state index in [1.807, 2.05) is 20.8 Å². The van der Waals surface area contributed by atoms with E-state index in [-0.39, 0.29) is 17.2 Å². The van der Waals surface area contributed by atoms with Crippen molar-refractivity contribution >= 4 is 17.9 Å². The fourth-order valence-corrected chi connectivity index (χ4v) is 1.76. The highest BCUT2D eigenvalue weighted by Crippen LogP contribution is 2.15. The van der Waals surface area contributed by atoms with Gasteiger partial charge in [-0.3, -0.25) is 19.9 Å². The van der Waals surface area contributed by atoms with Crippen LogP contribution in [0.3, 0.4) is 0 Å². The summed E-state index contributed by atoms with van der Waals surface area (Å²) in [6.45, 7) is 5.58. The number of anilines is 1. The molecule has 0 atom stereocenters. The number of H-pyrrole nitrogens is 1. The van der Waals surface area contributed by atoms with Gasteiger partial charge >= 0.3 is 0 Å². The van der Waals surface area contributed by atoms with Crippen LogP contribution >= 0.6 is 0 Å². The number of benzene rings is 1. The maximum absolute atomic E-state index is 11.9. The summed E-state index contributed by atoms with van der Waals surface area (Å²) in [5.41, 5.74) is 2.60. The lowest BCUT2D eigenvalue weighted by atomic mass is 9.93. The molecular weight excluding hydrogens is 300 g/mol. The molecular formula is C14H16N6O3. The Labute approximate surface area is 131 Å². The maximum atomic E-state index is 11.9. The minimum Gasteiger partial charge on any atom is -0.288 e. The van der Waals surface area contributed by atoms with E-state index in [0.29, 0.717) is 11.3 Å². The van der Waals surface area contributed by atoms with E-state index in [9.17, 15) is 14.9 Å². The lowest BCUT2D eigenvalue weighted by Gasteiger charge is -2.15. The minimum absolute atomic E-state index is 0.0309. The van der Waals surface area contributed by atoms with Crippen molar-refractivity contribution in [1.82, 2.24) is 15.2 Å². The second-order valence-electron chi connectivity index (χ2n) is 5.82. The van der Waals surface area contributed by atoms with E-state index in [2.05, 4.69) is 25.7 Å². The molecule has 0 fully saturated rings. The molecule has 2 aromatic rings. The van der Waals surface area contributed by atoms with Gasteiger partial charge in [-0.2, -0.15) is 5.10 Å². The molecule has 2 N–H and O–H groups in total. The van der Waals surface area contributed by atoms with Crippen LogP contribution in [-0.2, 0) is 5.41 Å². The highest BCUT2D eigenvalue weighted by molar-refractivity contribution is 5.81. The summed E-state index contributed by atoms with van der Waals surface area (Å²) in [7, 11) is 0. The summed E-state index contributed by atoms with van der Waals surface area (Å²) < 4.78 is 0. The van der Waals surface area contributed by atoms with Gasteiger partial charge in [-0.25, -0.2) is 5.43 Å². The van der Waals surface area contributed by atoms with Crippen LogP contribution in [0.1, 0.15) is 32.0 Å². The molecule has 2 rings (SSSR count). The molecule has 9 heteroatoms. The molecule has 0 saturated heterocycles. The smallest absolute Gasteiger partial charge is 0.274 e. The molecule has 1 aromatic carbocycles. The zero-order valence-electron chi connectivity index (χ0n) is 12.9. The number of nitro benzene ring substituents is 1. The van der Waals surface area contributed by atoms with Gasteiger partial charge in [-0.1, -0.05) is 32.9 Å². The second kappa shape index (κ2) is 6.34. The Morgan fingerprint density at radius 2 is 2.09 bits per heavy atom. The third kappa shape index (κ3) is 4.19. The molecule has 1 aromatic heterocycles. The van der Waals surface area contributed by atoms with Crippen LogP contribution in [0.15, 0.2) is 34.2 Å². The first-order chi connectivity index (χ1) is 10.8. The number of nitrogens with zero attached hydrogens (tertiary/aromatic N) is 4. The van der Waals surface area contributed by atoms with Gasteiger partial charge in [0, 0.05) is 23.1 Å². The largest absolute Gasteiger partial charge is 0.288 e. The summed E-state index contributed by atoms with van der Waals surface area (Å²) >= 11 is 0. The van der Waals surface area contributed by atoms with E-state index in [0.717, 1.165) is 0 Å². The van der Waals surface area contributed by atoms with E-state index >= 15 is 0 Å². The van der Waals surface area contributed by atoms with E-state index in [4.69, 9.17) is 0 Å². The second-order valence-corrected chi connectivity index (χ2v) is 5.82. The Hall–Kier alpha value is -3.10. The van der Waals surface area contributed by atoms with Crippen molar-refractivity contribution in [3.63, 3.8) is 0 Å². The van der Waals surface area contributed by atoms with Crippen LogP contribution in [-0.4, -0.2) is 26.3 Å². The first-order valence-corrected chi connectivity index (χ1v) is 6.78. The molecule has 0 aliphatic heterocycles. The number of rotatable bonds is 4. The Bertz CT molecular complexity index is 807. The standard InChI is InChI=1S/C14H16N6O3/c1-14(2,3)11-12(21)16-13(19-17-11)18-15-8-9-5-4-6-10(7-9)20(22)23/h4-8H,1-3H3,(H2,16,18,19,21)/b15-8+. The predicted octanol–water partition coefficient (Wildman–Crippen LogP) is 1.82. The topological polar surface area (TPSA) is 126 Å². The fraction of sp³-hybridized carbons (Fsp3) is 0.286. The van der Waals surface area contributed by atoms with Crippen molar-refractivity contribution < 1.29 is 4.92 Å². The molecule has 0 bridgehead atoms. The normalized spacial score (nSPS) is 11.6. The molecule has 9 nitrogen and oxygen atoms in total. The zero-order valence-corrected chi connectivity index (χ0v) is 12.9. The van der Waals surface area contributed by atoms with Crippen LogP contribution in [0.25, 0.3) is 0 Å². The maximum Gasteiger partial charge on any atom is 0.274 e. The van der Waals surface area contributed by atoms with Crippen molar-refractivity contribution in [1.29, 1.82) is 0 Å². The van der Waals surface area contributed by atoms with Gasteiger partial charge in [0.05, 0.1) is 11.1 Å². The van der Waals surface area contributed by atoms with Crippen molar-refractivity contribution in [2.75, 3.05) is 5.43 Å². The third-order valence-corrected chi connectivity index (χ3v) is 2.87. The summed E-state index contributed by atoms with van der Waals surface area (Å²) in [4.78, 5) is 24.6. The molecule has 0 saturated carbocycles. The number of hydrazone groups is 1. The van der Waals surface area contributed by atoms with Crippen LogP contribution in [0, 0.1) is 10.1 Å². The number of nitro groups is 1. The van der Waals surface area contributed by atoms with Crippen molar-refractivity contribution in [2.24, 2.45) is 5.10 Å². The number of hydrogen-bond acceptors (Lipinski definition) is 7. The average Bonchev–Trinajstić information content (AvgIpc) is 2.46. The van der Waals surface area contributed by atoms with Gasteiger partial charge in [0.1, 0.15) is 5.69 Å². The van der Waals surface area contributed by atoms with Crippen molar-refractivity contribution in [3.8, 4) is 0 Å². The Morgan fingerprint density at radius 3 is 2.70 bits per heavy atom. The van der Waals surface area contributed by atoms with Crippen molar-refractivity contribution in [3.05, 3.63) is 56.0 Å². The van der Waals surface area contributed by atoms with E-state index in [1.165, 1.54) is 18.3 Å². The molecule has 0 aliphatic carbocycles. The molecule has 120 valence electrons. The van der Waals surface area contributed by atoms with Crippen molar-refractivity contribution in [2.45, 2.75) is 26.2 Å². The van der Waals surface area contributed by atoms with Gasteiger partial charge in [-0.15, -0.1) is 10.2 Å². The molecule has 1 heterocycles. The molecule has 0 amide bonds. The number of nitrogens with one attached hydrogen (secondary N) is 2. The van der Waals surface area contributed by atoms with Crippen LogP contribution in [0.5, 0.6) is 0 Å². The number of aromatic amines is 1. The van der Waals surface area contributed by atoms with Gasteiger partial charge < -0.3 is 0 Å². The lowest BCUT2D eigenvalue weighted by molar-refractivity contribution is -0.384. The van der Waals surface area contributed by atoms with Crippen LogP contribution < -0.4 is 11.0 Å². The van der Waals surface area contributed by atoms with Gasteiger partial charge in [0.2, 0.25) is 5.95 Å². The summed E-state index contributed by atoms with van der Waals surface area (Å²) in [5, 5.41) is 22.3. The quantitative estimate of drug-likeness (QED) is 0.503. The molecule has 0 spiro atoms. The summed E-state index contributed by atoms with van der Waals surface area (Å²) in [5.74, 6) is 0.0877.